The molecular weight excluding hydrogens is 242 g/mol. The first-order valence-corrected chi connectivity index (χ1v) is 5.94. The van der Waals surface area contributed by atoms with Crippen LogP contribution in [-0.2, 0) is 9.59 Å². The molecule has 2 amide bonds. The zero-order valence-electron chi connectivity index (χ0n) is 9.98. The molecule has 0 saturated heterocycles. The van der Waals surface area contributed by atoms with E-state index in [-0.39, 0.29) is 36.2 Å². The Morgan fingerprint density at radius 1 is 1.24 bits per heavy atom. The number of primary amides is 1. The fraction of sp³-hybridized carbons (Fsp3) is 0.818. The molecule has 0 aliphatic heterocycles. The lowest BCUT2D eigenvalue weighted by Gasteiger charge is -2.29. The third kappa shape index (κ3) is 5.37. The summed E-state index contributed by atoms with van der Waals surface area (Å²) in [6.07, 6.45) is 4.81. The van der Waals surface area contributed by atoms with Crippen molar-refractivity contribution in [1.82, 2.24) is 5.32 Å². The summed E-state index contributed by atoms with van der Waals surface area (Å²) in [6, 6.07) is -0.0727. The third-order valence-corrected chi connectivity index (χ3v) is 3.09. The number of rotatable bonds is 5. The van der Waals surface area contributed by atoms with Crippen molar-refractivity contribution >= 4 is 24.2 Å². The van der Waals surface area contributed by atoms with Crippen LogP contribution >= 0.6 is 12.4 Å². The largest absolute Gasteiger partial charge is 0.369 e. The number of nitrogens with two attached hydrogens (primary N) is 2. The molecule has 1 rings (SSSR count). The maximum absolute atomic E-state index is 11.5. The predicted octanol–water partition coefficient (Wildman–Crippen LogP) is 0.307. The molecule has 1 aliphatic carbocycles. The summed E-state index contributed by atoms with van der Waals surface area (Å²) in [6.45, 7) is 0.511. The molecule has 2 atom stereocenters. The lowest BCUT2D eigenvalue weighted by Crippen LogP contribution is -2.47. The lowest BCUT2D eigenvalue weighted by molar-refractivity contribution is -0.126. The molecule has 0 aromatic rings. The van der Waals surface area contributed by atoms with Crippen LogP contribution in [0.5, 0.6) is 0 Å². The van der Waals surface area contributed by atoms with E-state index >= 15 is 0 Å². The Hall–Kier alpha value is -0.810. The van der Waals surface area contributed by atoms with Gasteiger partial charge in [-0.05, 0) is 25.8 Å². The Labute approximate surface area is 108 Å². The second-order valence-corrected chi connectivity index (χ2v) is 4.36. The van der Waals surface area contributed by atoms with Crippen molar-refractivity contribution in [3.8, 4) is 0 Å². The van der Waals surface area contributed by atoms with Crippen LogP contribution in [0, 0.1) is 5.92 Å². The SMILES string of the molecule is Cl.NCCCC(=O)NC1CCCCC1C(N)=O. The first-order chi connectivity index (χ1) is 7.65. The molecule has 5 N–H and O–H groups in total. The van der Waals surface area contributed by atoms with Crippen molar-refractivity contribution in [2.45, 2.75) is 44.6 Å². The average Bonchev–Trinajstić information content (AvgIpc) is 2.27. The average molecular weight is 264 g/mol. The van der Waals surface area contributed by atoms with Crippen molar-refractivity contribution in [2.75, 3.05) is 6.54 Å². The van der Waals surface area contributed by atoms with Crippen LogP contribution in [-0.4, -0.2) is 24.4 Å². The molecule has 100 valence electrons. The molecule has 1 saturated carbocycles. The number of carbonyl (C=O) groups is 2. The van der Waals surface area contributed by atoms with E-state index in [2.05, 4.69) is 5.32 Å². The molecular formula is C11H22ClN3O2. The minimum atomic E-state index is -0.302. The highest BCUT2D eigenvalue weighted by molar-refractivity contribution is 5.85. The summed E-state index contributed by atoms with van der Waals surface area (Å²) in [7, 11) is 0. The quantitative estimate of drug-likeness (QED) is 0.666. The van der Waals surface area contributed by atoms with Crippen LogP contribution in [0.4, 0.5) is 0 Å². The molecule has 0 aromatic heterocycles. The van der Waals surface area contributed by atoms with E-state index < -0.39 is 0 Å². The van der Waals surface area contributed by atoms with Gasteiger partial charge in [0.05, 0.1) is 5.92 Å². The van der Waals surface area contributed by atoms with Crippen molar-refractivity contribution in [2.24, 2.45) is 17.4 Å². The monoisotopic (exact) mass is 263 g/mol. The van der Waals surface area contributed by atoms with Gasteiger partial charge in [-0.2, -0.15) is 0 Å². The minimum absolute atomic E-state index is 0. The first kappa shape index (κ1) is 16.2. The minimum Gasteiger partial charge on any atom is -0.369 e. The van der Waals surface area contributed by atoms with Crippen LogP contribution in [0.25, 0.3) is 0 Å². The van der Waals surface area contributed by atoms with Crippen LogP contribution in [0.3, 0.4) is 0 Å². The normalized spacial score (nSPS) is 23.6. The molecule has 0 bridgehead atoms. The third-order valence-electron chi connectivity index (χ3n) is 3.09. The topological polar surface area (TPSA) is 98.2 Å². The number of nitrogens with one attached hydrogen (secondary N) is 1. The molecule has 6 heteroatoms. The van der Waals surface area contributed by atoms with E-state index in [4.69, 9.17) is 11.5 Å². The summed E-state index contributed by atoms with van der Waals surface area (Å²) in [5.41, 5.74) is 10.7. The van der Waals surface area contributed by atoms with Crippen LogP contribution in [0.2, 0.25) is 0 Å². The molecule has 1 aliphatic rings. The van der Waals surface area contributed by atoms with Gasteiger partial charge >= 0.3 is 0 Å². The van der Waals surface area contributed by atoms with E-state index in [0.29, 0.717) is 19.4 Å². The van der Waals surface area contributed by atoms with Gasteiger partial charge < -0.3 is 16.8 Å². The smallest absolute Gasteiger partial charge is 0.222 e. The Morgan fingerprint density at radius 2 is 1.88 bits per heavy atom. The predicted molar refractivity (Wildman–Crippen MR) is 68.6 cm³/mol. The molecule has 2 unspecified atom stereocenters. The van der Waals surface area contributed by atoms with Gasteiger partial charge in [0.15, 0.2) is 0 Å². The number of amides is 2. The number of halogens is 1. The molecule has 5 nitrogen and oxygen atoms in total. The summed E-state index contributed by atoms with van der Waals surface area (Å²) in [5.74, 6) is -0.525. The van der Waals surface area contributed by atoms with Gasteiger partial charge in [-0.1, -0.05) is 12.8 Å². The summed E-state index contributed by atoms with van der Waals surface area (Å²) in [5, 5.41) is 2.89. The highest BCUT2D eigenvalue weighted by Crippen LogP contribution is 2.24. The highest BCUT2D eigenvalue weighted by Gasteiger charge is 2.30. The standard InChI is InChI=1S/C11H21N3O2.ClH/c12-7-3-6-10(15)14-9-5-2-1-4-8(9)11(13)16;/h8-9H,1-7,12H2,(H2,13,16)(H,14,15);1H. The van der Waals surface area contributed by atoms with E-state index in [1.807, 2.05) is 0 Å². The number of carbonyl (C=O) groups excluding carboxylic acids is 2. The maximum atomic E-state index is 11.5. The van der Waals surface area contributed by atoms with E-state index in [9.17, 15) is 9.59 Å². The van der Waals surface area contributed by atoms with Crippen molar-refractivity contribution < 1.29 is 9.59 Å². The Kier molecular flexibility index (Phi) is 7.91. The van der Waals surface area contributed by atoms with Gasteiger partial charge in [-0.3, -0.25) is 9.59 Å². The Balaban J connectivity index is 0.00000256. The van der Waals surface area contributed by atoms with E-state index in [0.717, 1.165) is 25.7 Å². The van der Waals surface area contributed by atoms with Crippen LogP contribution in [0.1, 0.15) is 38.5 Å². The van der Waals surface area contributed by atoms with Gasteiger partial charge in [0, 0.05) is 12.5 Å². The highest BCUT2D eigenvalue weighted by atomic mass is 35.5. The van der Waals surface area contributed by atoms with Crippen molar-refractivity contribution in [3.63, 3.8) is 0 Å². The van der Waals surface area contributed by atoms with Gasteiger partial charge in [-0.15, -0.1) is 12.4 Å². The van der Waals surface area contributed by atoms with E-state index in [1.165, 1.54) is 0 Å². The van der Waals surface area contributed by atoms with Gasteiger partial charge in [0.1, 0.15) is 0 Å². The molecule has 17 heavy (non-hydrogen) atoms. The summed E-state index contributed by atoms with van der Waals surface area (Å²) in [4.78, 5) is 22.7. The second-order valence-electron chi connectivity index (χ2n) is 4.36. The maximum Gasteiger partial charge on any atom is 0.222 e. The first-order valence-electron chi connectivity index (χ1n) is 5.94. The molecule has 1 fully saturated rings. The Morgan fingerprint density at radius 3 is 2.47 bits per heavy atom. The second kappa shape index (κ2) is 8.31. The summed E-state index contributed by atoms with van der Waals surface area (Å²) < 4.78 is 0. The van der Waals surface area contributed by atoms with Crippen LogP contribution < -0.4 is 16.8 Å². The molecule has 0 spiro atoms. The zero-order chi connectivity index (χ0) is 12.0. The number of hydrogen-bond acceptors (Lipinski definition) is 3. The zero-order valence-corrected chi connectivity index (χ0v) is 10.8. The molecule has 0 aromatic carbocycles. The Bertz CT molecular complexity index is 261. The van der Waals surface area contributed by atoms with Gasteiger partial charge in [0.25, 0.3) is 0 Å². The van der Waals surface area contributed by atoms with Crippen molar-refractivity contribution in [3.05, 3.63) is 0 Å². The fourth-order valence-electron chi connectivity index (χ4n) is 2.19. The lowest BCUT2D eigenvalue weighted by atomic mass is 9.84. The number of hydrogen-bond donors (Lipinski definition) is 3. The summed E-state index contributed by atoms with van der Waals surface area (Å²) >= 11 is 0. The van der Waals surface area contributed by atoms with E-state index in [1.54, 1.807) is 0 Å². The van der Waals surface area contributed by atoms with Gasteiger partial charge in [0.2, 0.25) is 11.8 Å². The fourth-order valence-corrected chi connectivity index (χ4v) is 2.19. The molecule has 0 heterocycles. The van der Waals surface area contributed by atoms with Crippen molar-refractivity contribution in [1.29, 1.82) is 0 Å². The molecule has 0 radical (unpaired) electrons. The van der Waals surface area contributed by atoms with Gasteiger partial charge in [-0.25, -0.2) is 0 Å². The van der Waals surface area contributed by atoms with Crippen LogP contribution in [0.15, 0.2) is 0 Å².